The Hall–Kier alpha value is -2.78. The molecule has 9 nitrogen and oxygen atoms in total. The number of amides is 5. The molecule has 1 aromatic rings. The minimum atomic E-state index is -1.01. The van der Waals surface area contributed by atoms with E-state index in [-0.39, 0.29) is 42.3 Å². The Labute approximate surface area is 166 Å². The summed E-state index contributed by atoms with van der Waals surface area (Å²) in [6.45, 7) is 2.56. The van der Waals surface area contributed by atoms with Crippen LogP contribution in [0, 0.1) is 0 Å². The van der Waals surface area contributed by atoms with Gasteiger partial charge in [-0.2, -0.15) is 0 Å². The summed E-state index contributed by atoms with van der Waals surface area (Å²) in [4.78, 5) is 64.1. The van der Waals surface area contributed by atoms with Crippen LogP contribution in [0.1, 0.15) is 43.9 Å². The van der Waals surface area contributed by atoms with Crippen molar-refractivity contribution in [3.05, 3.63) is 34.9 Å². The third-order valence-corrected chi connectivity index (χ3v) is 5.09. The first-order valence-corrected chi connectivity index (χ1v) is 8.83. The third-order valence-electron chi connectivity index (χ3n) is 5.09. The summed E-state index contributed by atoms with van der Waals surface area (Å²) >= 11 is 0. The lowest BCUT2D eigenvalue weighted by Gasteiger charge is -2.27. The van der Waals surface area contributed by atoms with Crippen molar-refractivity contribution in [2.24, 2.45) is 0 Å². The summed E-state index contributed by atoms with van der Waals surface area (Å²) in [6.07, 6.45) is 0.166. The molecule has 3 aliphatic rings. The molecular formula is C18H19ClN4O5. The van der Waals surface area contributed by atoms with Gasteiger partial charge in [-0.05, 0) is 24.6 Å². The average molecular weight is 407 g/mol. The van der Waals surface area contributed by atoms with Crippen LogP contribution in [-0.2, 0) is 9.59 Å². The SMILES string of the molecule is Cl.O=C1CCC(N2C(=O)c3ccc(C(=O)N4CCNCC4)cc3C2=O)C(=O)N1. The lowest BCUT2D eigenvalue weighted by atomic mass is 10.0. The Morgan fingerprint density at radius 3 is 2.36 bits per heavy atom. The summed E-state index contributed by atoms with van der Waals surface area (Å²) < 4.78 is 0. The average Bonchev–Trinajstić information content (AvgIpc) is 2.92. The van der Waals surface area contributed by atoms with Crippen molar-refractivity contribution < 1.29 is 24.0 Å². The van der Waals surface area contributed by atoms with Crippen LogP contribution in [0.2, 0.25) is 0 Å². The predicted octanol–water partition coefficient (Wildman–Crippen LogP) is -0.445. The van der Waals surface area contributed by atoms with Crippen LogP contribution >= 0.6 is 12.4 Å². The Bertz CT molecular complexity index is 881. The van der Waals surface area contributed by atoms with Gasteiger partial charge in [-0.25, -0.2) is 0 Å². The highest BCUT2D eigenvalue weighted by atomic mass is 35.5. The van der Waals surface area contributed by atoms with Crippen molar-refractivity contribution >= 4 is 41.9 Å². The van der Waals surface area contributed by atoms with Gasteiger partial charge in [0, 0.05) is 38.2 Å². The minimum absolute atomic E-state index is 0. The molecule has 1 atom stereocenters. The van der Waals surface area contributed by atoms with Crippen molar-refractivity contribution in [3.8, 4) is 0 Å². The Balaban J connectivity index is 0.00000225. The second-order valence-electron chi connectivity index (χ2n) is 6.75. The summed E-state index contributed by atoms with van der Waals surface area (Å²) in [5.74, 6) is -2.46. The van der Waals surface area contributed by atoms with Gasteiger partial charge in [0.2, 0.25) is 11.8 Å². The van der Waals surface area contributed by atoms with Crippen LogP contribution in [0.5, 0.6) is 0 Å². The number of rotatable bonds is 2. The fourth-order valence-electron chi connectivity index (χ4n) is 3.65. The highest BCUT2D eigenvalue weighted by Gasteiger charge is 2.44. The smallest absolute Gasteiger partial charge is 0.262 e. The molecule has 0 saturated carbocycles. The van der Waals surface area contributed by atoms with Crippen LogP contribution in [-0.4, -0.2) is 71.6 Å². The number of hydrogen-bond acceptors (Lipinski definition) is 6. The van der Waals surface area contributed by atoms with E-state index in [4.69, 9.17) is 0 Å². The number of nitrogens with one attached hydrogen (secondary N) is 2. The first-order chi connectivity index (χ1) is 13.0. The van der Waals surface area contributed by atoms with Gasteiger partial charge in [-0.15, -0.1) is 12.4 Å². The molecule has 28 heavy (non-hydrogen) atoms. The molecule has 3 aliphatic heterocycles. The zero-order chi connectivity index (χ0) is 19.1. The van der Waals surface area contributed by atoms with E-state index >= 15 is 0 Å². The lowest BCUT2D eigenvalue weighted by molar-refractivity contribution is -0.136. The van der Waals surface area contributed by atoms with Gasteiger partial charge < -0.3 is 10.2 Å². The molecule has 1 aromatic carbocycles. The number of hydrogen-bond donors (Lipinski definition) is 2. The van der Waals surface area contributed by atoms with E-state index in [1.54, 1.807) is 4.90 Å². The Morgan fingerprint density at radius 2 is 1.68 bits per heavy atom. The van der Waals surface area contributed by atoms with Crippen LogP contribution < -0.4 is 10.6 Å². The standard InChI is InChI=1S/C18H18N4O5.ClH/c23-14-4-3-13(15(24)20-14)22-17(26)11-2-1-10(9-12(11)18(22)27)16(25)21-7-5-19-6-8-21;/h1-2,9,13,19H,3-8H2,(H,20,23,24);1H. The van der Waals surface area contributed by atoms with Crippen LogP contribution in [0.3, 0.4) is 0 Å². The minimum Gasteiger partial charge on any atom is -0.336 e. The number of piperazine rings is 1. The summed E-state index contributed by atoms with van der Waals surface area (Å²) in [5, 5.41) is 5.32. The molecule has 2 N–H and O–H groups in total. The largest absolute Gasteiger partial charge is 0.336 e. The molecular weight excluding hydrogens is 388 g/mol. The number of nitrogens with zero attached hydrogens (tertiary/aromatic N) is 2. The fourth-order valence-corrected chi connectivity index (χ4v) is 3.65. The number of carbonyl (C=O) groups is 5. The summed E-state index contributed by atoms with van der Waals surface area (Å²) in [6, 6.07) is 3.40. The molecule has 0 spiro atoms. The molecule has 2 fully saturated rings. The highest BCUT2D eigenvalue weighted by molar-refractivity contribution is 6.24. The quantitative estimate of drug-likeness (QED) is 0.643. The molecule has 148 valence electrons. The summed E-state index contributed by atoms with van der Waals surface area (Å²) in [5.41, 5.74) is 0.620. The second kappa shape index (κ2) is 7.69. The maximum Gasteiger partial charge on any atom is 0.262 e. The number of fused-ring (bicyclic) bond motifs is 1. The van der Waals surface area contributed by atoms with Crippen molar-refractivity contribution in [3.63, 3.8) is 0 Å². The lowest BCUT2D eigenvalue weighted by Crippen LogP contribution is -2.54. The highest BCUT2D eigenvalue weighted by Crippen LogP contribution is 2.28. The van der Waals surface area contributed by atoms with Gasteiger partial charge in [0.1, 0.15) is 6.04 Å². The monoisotopic (exact) mass is 406 g/mol. The summed E-state index contributed by atoms with van der Waals surface area (Å²) in [7, 11) is 0. The molecule has 10 heteroatoms. The number of halogens is 1. The molecule has 0 aliphatic carbocycles. The Morgan fingerprint density at radius 1 is 1.00 bits per heavy atom. The van der Waals surface area contributed by atoms with Gasteiger partial charge in [0.05, 0.1) is 11.1 Å². The molecule has 4 rings (SSSR count). The van der Waals surface area contributed by atoms with E-state index in [0.29, 0.717) is 31.7 Å². The van der Waals surface area contributed by atoms with Crippen molar-refractivity contribution in [2.45, 2.75) is 18.9 Å². The maximum atomic E-state index is 12.8. The second-order valence-corrected chi connectivity index (χ2v) is 6.75. The van der Waals surface area contributed by atoms with Gasteiger partial charge in [0.15, 0.2) is 0 Å². The van der Waals surface area contributed by atoms with E-state index in [1.165, 1.54) is 18.2 Å². The molecule has 5 amide bonds. The van der Waals surface area contributed by atoms with Gasteiger partial charge in [-0.3, -0.25) is 34.2 Å². The fraction of sp³-hybridized carbons (Fsp3) is 0.389. The van der Waals surface area contributed by atoms with Crippen LogP contribution in [0.4, 0.5) is 0 Å². The topological polar surface area (TPSA) is 116 Å². The molecule has 0 aromatic heterocycles. The van der Waals surface area contributed by atoms with E-state index in [0.717, 1.165) is 4.90 Å². The van der Waals surface area contributed by atoms with Gasteiger partial charge in [0.25, 0.3) is 17.7 Å². The molecule has 3 heterocycles. The van der Waals surface area contributed by atoms with Crippen LogP contribution in [0.15, 0.2) is 18.2 Å². The number of benzene rings is 1. The van der Waals surface area contributed by atoms with Crippen molar-refractivity contribution in [1.82, 2.24) is 20.4 Å². The van der Waals surface area contributed by atoms with Crippen LogP contribution in [0.25, 0.3) is 0 Å². The first kappa shape index (κ1) is 20.0. The zero-order valence-corrected chi connectivity index (χ0v) is 15.7. The Kier molecular flexibility index (Phi) is 5.48. The normalized spacial score (nSPS) is 21.9. The molecule has 2 saturated heterocycles. The van der Waals surface area contributed by atoms with Crippen molar-refractivity contribution in [2.75, 3.05) is 26.2 Å². The molecule has 1 unspecified atom stereocenters. The zero-order valence-electron chi connectivity index (χ0n) is 14.9. The van der Waals surface area contributed by atoms with Gasteiger partial charge in [-0.1, -0.05) is 0 Å². The van der Waals surface area contributed by atoms with E-state index in [2.05, 4.69) is 10.6 Å². The number of carbonyl (C=O) groups excluding carboxylic acids is 5. The van der Waals surface area contributed by atoms with E-state index < -0.39 is 29.7 Å². The van der Waals surface area contributed by atoms with E-state index in [1.807, 2.05) is 0 Å². The third kappa shape index (κ3) is 3.27. The number of imide groups is 2. The maximum absolute atomic E-state index is 12.8. The predicted molar refractivity (Wildman–Crippen MR) is 99.1 cm³/mol. The molecule has 0 bridgehead atoms. The molecule has 0 radical (unpaired) electrons. The van der Waals surface area contributed by atoms with Gasteiger partial charge >= 0.3 is 0 Å². The number of piperidine rings is 1. The van der Waals surface area contributed by atoms with E-state index in [9.17, 15) is 24.0 Å². The first-order valence-electron chi connectivity index (χ1n) is 8.83. The van der Waals surface area contributed by atoms with Crippen molar-refractivity contribution in [1.29, 1.82) is 0 Å².